The number of carboxylic acids is 1. The molecule has 1 saturated carbocycles. The second-order valence-electron chi connectivity index (χ2n) is 4.94. The third-order valence-corrected chi connectivity index (χ3v) is 3.52. The summed E-state index contributed by atoms with van der Waals surface area (Å²) in [5.74, 6) is -0.178. The molecule has 1 heterocycles. The SMILES string of the molecule is Cc1ccccc1Cc1noc(C2CC2C(=O)O)n1. The number of aliphatic carboxylic acids is 1. The summed E-state index contributed by atoms with van der Waals surface area (Å²) in [6, 6.07) is 8.03. The van der Waals surface area contributed by atoms with Crippen molar-refractivity contribution in [3.05, 3.63) is 47.1 Å². The molecule has 1 N–H and O–H groups in total. The summed E-state index contributed by atoms with van der Waals surface area (Å²) in [5, 5.41) is 12.8. The quantitative estimate of drug-likeness (QED) is 0.909. The highest BCUT2D eigenvalue weighted by molar-refractivity contribution is 5.74. The molecule has 19 heavy (non-hydrogen) atoms. The summed E-state index contributed by atoms with van der Waals surface area (Å²) in [6.07, 6.45) is 1.21. The molecule has 0 radical (unpaired) electrons. The van der Waals surface area contributed by atoms with Crippen molar-refractivity contribution in [1.29, 1.82) is 0 Å². The number of carbonyl (C=O) groups is 1. The van der Waals surface area contributed by atoms with Crippen molar-refractivity contribution < 1.29 is 14.4 Å². The summed E-state index contributed by atoms with van der Waals surface area (Å²) in [7, 11) is 0. The van der Waals surface area contributed by atoms with E-state index < -0.39 is 5.97 Å². The molecule has 5 nitrogen and oxygen atoms in total. The molecule has 5 heteroatoms. The zero-order valence-electron chi connectivity index (χ0n) is 10.5. The van der Waals surface area contributed by atoms with Crippen molar-refractivity contribution in [3.8, 4) is 0 Å². The van der Waals surface area contributed by atoms with Crippen LogP contribution < -0.4 is 0 Å². The van der Waals surface area contributed by atoms with Crippen molar-refractivity contribution in [2.24, 2.45) is 5.92 Å². The molecule has 0 bridgehead atoms. The number of aromatic nitrogens is 2. The van der Waals surface area contributed by atoms with E-state index >= 15 is 0 Å². The highest BCUT2D eigenvalue weighted by Gasteiger charge is 2.48. The van der Waals surface area contributed by atoms with Crippen LogP contribution in [0.2, 0.25) is 0 Å². The molecule has 2 atom stereocenters. The van der Waals surface area contributed by atoms with Crippen molar-refractivity contribution in [2.75, 3.05) is 0 Å². The average Bonchev–Trinajstić information content (AvgIpc) is 3.06. The predicted molar refractivity (Wildman–Crippen MR) is 66.8 cm³/mol. The van der Waals surface area contributed by atoms with E-state index in [0.29, 0.717) is 24.6 Å². The Morgan fingerprint density at radius 3 is 2.95 bits per heavy atom. The van der Waals surface area contributed by atoms with Gasteiger partial charge in [0.25, 0.3) is 0 Å². The van der Waals surface area contributed by atoms with Crippen LogP contribution in [-0.4, -0.2) is 21.2 Å². The number of hydrogen-bond donors (Lipinski definition) is 1. The minimum atomic E-state index is -0.788. The van der Waals surface area contributed by atoms with Gasteiger partial charge in [-0.1, -0.05) is 29.4 Å². The summed E-state index contributed by atoms with van der Waals surface area (Å²) in [6.45, 7) is 2.04. The van der Waals surface area contributed by atoms with Crippen LogP contribution in [0, 0.1) is 12.8 Å². The Morgan fingerprint density at radius 1 is 1.47 bits per heavy atom. The molecule has 0 amide bonds. The topological polar surface area (TPSA) is 76.2 Å². The van der Waals surface area contributed by atoms with E-state index in [0.717, 1.165) is 5.56 Å². The number of benzene rings is 1. The smallest absolute Gasteiger partial charge is 0.307 e. The monoisotopic (exact) mass is 258 g/mol. The van der Waals surface area contributed by atoms with E-state index in [-0.39, 0.29) is 11.8 Å². The first-order valence-corrected chi connectivity index (χ1v) is 6.25. The van der Waals surface area contributed by atoms with E-state index in [1.165, 1.54) is 5.56 Å². The normalized spacial score (nSPS) is 21.3. The van der Waals surface area contributed by atoms with Gasteiger partial charge in [-0.05, 0) is 24.5 Å². The lowest BCUT2D eigenvalue weighted by Crippen LogP contribution is -1.99. The first-order chi connectivity index (χ1) is 9.15. The largest absolute Gasteiger partial charge is 0.481 e. The van der Waals surface area contributed by atoms with E-state index in [9.17, 15) is 4.79 Å². The van der Waals surface area contributed by atoms with Crippen LogP contribution in [0.15, 0.2) is 28.8 Å². The fourth-order valence-electron chi connectivity index (χ4n) is 2.21. The molecule has 0 aliphatic heterocycles. The zero-order valence-corrected chi connectivity index (χ0v) is 10.5. The van der Waals surface area contributed by atoms with E-state index in [1.54, 1.807) is 0 Å². The zero-order chi connectivity index (χ0) is 13.4. The van der Waals surface area contributed by atoms with Crippen LogP contribution in [-0.2, 0) is 11.2 Å². The molecule has 2 unspecified atom stereocenters. The number of carboxylic acid groups (broad SMARTS) is 1. The highest BCUT2D eigenvalue weighted by Crippen LogP contribution is 2.46. The van der Waals surface area contributed by atoms with Gasteiger partial charge in [0.2, 0.25) is 5.89 Å². The van der Waals surface area contributed by atoms with Gasteiger partial charge in [0.05, 0.1) is 11.8 Å². The Labute approximate surface area is 110 Å². The van der Waals surface area contributed by atoms with Gasteiger partial charge in [0.15, 0.2) is 5.82 Å². The molecular weight excluding hydrogens is 244 g/mol. The second kappa shape index (κ2) is 4.50. The lowest BCUT2D eigenvalue weighted by molar-refractivity contribution is -0.138. The number of rotatable bonds is 4. The Hall–Kier alpha value is -2.17. The molecular formula is C14H14N2O3. The standard InChI is InChI=1S/C14H14N2O3/c1-8-4-2-3-5-9(8)6-12-15-13(19-16-12)10-7-11(10)14(17)18/h2-5,10-11H,6-7H2,1H3,(H,17,18). The molecule has 98 valence electrons. The maximum atomic E-state index is 10.8. The minimum absolute atomic E-state index is 0.101. The minimum Gasteiger partial charge on any atom is -0.481 e. The van der Waals surface area contributed by atoms with Gasteiger partial charge in [-0.15, -0.1) is 0 Å². The van der Waals surface area contributed by atoms with Crippen LogP contribution in [0.4, 0.5) is 0 Å². The van der Waals surface area contributed by atoms with Gasteiger partial charge in [0.1, 0.15) is 0 Å². The van der Waals surface area contributed by atoms with Gasteiger partial charge in [-0.2, -0.15) is 4.98 Å². The Bertz CT molecular complexity index is 621. The lowest BCUT2D eigenvalue weighted by atomic mass is 10.1. The third kappa shape index (κ3) is 2.36. The summed E-state index contributed by atoms with van der Waals surface area (Å²) >= 11 is 0. The molecule has 1 aliphatic rings. The molecule has 0 saturated heterocycles. The van der Waals surface area contributed by atoms with Gasteiger partial charge in [0, 0.05) is 6.42 Å². The molecule has 0 spiro atoms. The van der Waals surface area contributed by atoms with Crippen LogP contribution in [0.25, 0.3) is 0 Å². The lowest BCUT2D eigenvalue weighted by Gasteiger charge is -2.00. The Balaban J connectivity index is 1.73. The maximum Gasteiger partial charge on any atom is 0.307 e. The molecule has 1 fully saturated rings. The van der Waals surface area contributed by atoms with E-state index in [2.05, 4.69) is 10.1 Å². The fraction of sp³-hybridized carbons (Fsp3) is 0.357. The highest BCUT2D eigenvalue weighted by atomic mass is 16.5. The van der Waals surface area contributed by atoms with Crippen LogP contribution in [0.5, 0.6) is 0 Å². The molecule has 1 aliphatic carbocycles. The summed E-state index contributed by atoms with van der Waals surface area (Å²) in [4.78, 5) is 15.1. The number of nitrogens with zero attached hydrogens (tertiary/aromatic N) is 2. The third-order valence-electron chi connectivity index (χ3n) is 3.52. The Kier molecular flexibility index (Phi) is 2.81. The van der Waals surface area contributed by atoms with Crippen molar-refractivity contribution >= 4 is 5.97 Å². The Morgan fingerprint density at radius 2 is 2.26 bits per heavy atom. The first-order valence-electron chi connectivity index (χ1n) is 6.25. The summed E-state index contributed by atoms with van der Waals surface area (Å²) in [5.41, 5.74) is 2.34. The molecule has 2 aromatic rings. The first kappa shape index (κ1) is 11.9. The number of hydrogen-bond acceptors (Lipinski definition) is 4. The summed E-state index contributed by atoms with van der Waals surface area (Å²) < 4.78 is 5.16. The molecule has 1 aromatic carbocycles. The van der Waals surface area contributed by atoms with Gasteiger partial charge in [-0.25, -0.2) is 0 Å². The van der Waals surface area contributed by atoms with Crippen molar-refractivity contribution in [2.45, 2.75) is 25.7 Å². The second-order valence-corrected chi connectivity index (χ2v) is 4.94. The van der Waals surface area contributed by atoms with Gasteiger partial charge in [-0.3, -0.25) is 4.79 Å². The van der Waals surface area contributed by atoms with E-state index in [4.69, 9.17) is 9.63 Å². The van der Waals surface area contributed by atoms with Crippen molar-refractivity contribution in [3.63, 3.8) is 0 Å². The fourth-order valence-corrected chi connectivity index (χ4v) is 2.21. The van der Waals surface area contributed by atoms with Gasteiger partial charge >= 0.3 is 5.97 Å². The maximum absolute atomic E-state index is 10.8. The molecule has 1 aromatic heterocycles. The van der Waals surface area contributed by atoms with E-state index in [1.807, 2.05) is 31.2 Å². The molecule has 3 rings (SSSR count). The van der Waals surface area contributed by atoms with Gasteiger partial charge < -0.3 is 9.63 Å². The average molecular weight is 258 g/mol. The number of aryl methyl sites for hydroxylation is 1. The van der Waals surface area contributed by atoms with Crippen LogP contribution >= 0.6 is 0 Å². The predicted octanol–water partition coefficient (Wildman–Crippen LogP) is 2.16. The van der Waals surface area contributed by atoms with Crippen LogP contribution in [0.1, 0.15) is 35.2 Å². The van der Waals surface area contributed by atoms with Crippen LogP contribution in [0.3, 0.4) is 0 Å². The van der Waals surface area contributed by atoms with Crippen molar-refractivity contribution in [1.82, 2.24) is 10.1 Å².